The van der Waals surface area contributed by atoms with Crippen LogP contribution in [0.25, 0.3) is 0 Å². The van der Waals surface area contributed by atoms with E-state index in [1.54, 1.807) is 36.3 Å². The smallest absolute Gasteiger partial charge is 0.234 e. The molecule has 170 valence electrons. The van der Waals surface area contributed by atoms with Crippen molar-refractivity contribution < 1.29 is 22.7 Å². The zero-order valence-corrected chi connectivity index (χ0v) is 19.1. The van der Waals surface area contributed by atoms with Crippen molar-refractivity contribution >= 4 is 15.7 Å². The SMILES string of the molecule is COc1ccc(S(=O)(=O)C2CCN(C(=O)C3c4ccccc4Oc4ccccc43)CC2)cc1. The van der Waals surface area contributed by atoms with Crippen molar-refractivity contribution in [3.05, 3.63) is 83.9 Å². The number of carbonyl (C=O) groups excluding carboxylic acids is 1. The Balaban J connectivity index is 1.35. The maximum Gasteiger partial charge on any atom is 0.234 e. The topological polar surface area (TPSA) is 72.9 Å². The molecule has 1 saturated heterocycles. The van der Waals surface area contributed by atoms with E-state index < -0.39 is 21.0 Å². The first-order chi connectivity index (χ1) is 16.0. The number of carbonyl (C=O) groups is 1. The average molecular weight is 464 g/mol. The predicted molar refractivity (Wildman–Crippen MR) is 125 cm³/mol. The van der Waals surface area contributed by atoms with Crippen LogP contribution in [0.2, 0.25) is 0 Å². The zero-order chi connectivity index (χ0) is 23.0. The lowest BCUT2D eigenvalue weighted by molar-refractivity contribution is -0.132. The minimum Gasteiger partial charge on any atom is -0.497 e. The molecule has 0 unspecified atom stereocenters. The standard InChI is InChI=1S/C26H25NO5S/c1-31-18-10-12-19(13-11-18)33(29,30)20-14-16-27(17-15-20)26(28)25-21-6-2-4-8-23(21)32-24-9-5-3-7-22(24)25/h2-13,20,25H,14-17H2,1H3. The van der Waals surface area contributed by atoms with Crippen molar-refractivity contribution in [3.8, 4) is 17.2 Å². The van der Waals surface area contributed by atoms with E-state index in [1.807, 2.05) is 48.5 Å². The molecule has 1 amide bonds. The van der Waals surface area contributed by atoms with Gasteiger partial charge in [0.2, 0.25) is 5.91 Å². The van der Waals surface area contributed by atoms with E-state index in [9.17, 15) is 13.2 Å². The summed E-state index contributed by atoms with van der Waals surface area (Å²) < 4.78 is 37.4. The van der Waals surface area contributed by atoms with E-state index in [2.05, 4.69) is 0 Å². The number of rotatable bonds is 4. The molecule has 0 spiro atoms. The van der Waals surface area contributed by atoms with E-state index in [0.717, 1.165) is 11.1 Å². The Morgan fingerprint density at radius 1 is 0.879 bits per heavy atom. The Morgan fingerprint density at radius 3 is 1.97 bits per heavy atom. The average Bonchev–Trinajstić information content (AvgIpc) is 2.87. The molecule has 7 heteroatoms. The fraction of sp³-hybridized carbons (Fsp3) is 0.269. The highest BCUT2D eigenvalue weighted by Gasteiger charge is 2.38. The first kappa shape index (κ1) is 21.5. The first-order valence-corrected chi connectivity index (χ1v) is 12.6. The summed E-state index contributed by atoms with van der Waals surface area (Å²) in [6.07, 6.45) is 0.819. The zero-order valence-electron chi connectivity index (χ0n) is 18.3. The molecular weight excluding hydrogens is 438 g/mol. The Bertz CT molecular complexity index is 1230. The number of ether oxygens (including phenoxy) is 2. The third-order valence-corrected chi connectivity index (χ3v) is 8.79. The molecule has 5 rings (SSSR count). The van der Waals surface area contributed by atoms with Crippen LogP contribution in [-0.2, 0) is 14.6 Å². The molecule has 2 heterocycles. The molecule has 33 heavy (non-hydrogen) atoms. The van der Waals surface area contributed by atoms with Gasteiger partial charge < -0.3 is 14.4 Å². The molecule has 6 nitrogen and oxygen atoms in total. The van der Waals surface area contributed by atoms with Gasteiger partial charge in [-0.15, -0.1) is 0 Å². The molecule has 0 aliphatic carbocycles. The van der Waals surface area contributed by atoms with E-state index in [1.165, 1.54) is 0 Å². The van der Waals surface area contributed by atoms with Crippen LogP contribution in [0.3, 0.4) is 0 Å². The van der Waals surface area contributed by atoms with Gasteiger partial charge in [-0.25, -0.2) is 8.42 Å². The molecule has 0 radical (unpaired) electrons. The van der Waals surface area contributed by atoms with Gasteiger partial charge in [-0.2, -0.15) is 0 Å². The number of hydrogen-bond donors (Lipinski definition) is 0. The maximum absolute atomic E-state index is 13.7. The van der Waals surface area contributed by atoms with Crippen LogP contribution in [0.1, 0.15) is 29.9 Å². The highest BCUT2D eigenvalue weighted by Crippen LogP contribution is 2.45. The second-order valence-electron chi connectivity index (χ2n) is 8.36. The Hall–Kier alpha value is -3.32. The van der Waals surface area contributed by atoms with Crippen LogP contribution in [0.4, 0.5) is 0 Å². The quantitative estimate of drug-likeness (QED) is 0.574. The summed E-state index contributed by atoms with van der Waals surface area (Å²) in [5, 5.41) is -0.510. The van der Waals surface area contributed by atoms with Gasteiger partial charge in [-0.1, -0.05) is 36.4 Å². The molecular formula is C26H25NO5S. The van der Waals surface area contributed by atoms with Gasteiger partial charge in [-0.05, 0) is 49.2 Å². The maximum atomic E-state index is 13.7. The Kier molecular flexibility index (Phi) is 5.58. The number of methoxy groups -OCH3 is 1. The van der Waals surface area contributed by atoms with Crippen molar-refractivity contribution in [2.24, 2.45) is 0 Å². The number of sulfone groups is 1. The van der Waals surface area contributed by atoms with Gasteiger partial charge >= 0.3 is 0 Å². The van der Waals surface area contributed by atoms with Gasteiger partial charge in [0.25, 0.3) is 0 Å². The summed E-state index contributed by atoms with van der Waals surface area (Å²) in [5.41, 5.74) is 1.68. The van der Waals surface area contributed by atoms with Gasteiger partial charge in [0, 0.05) is 24.2 Å². The van der Waals surface area contributed by atoms with E-state index in [-0.39, 0.29) is 5.91 Å². The summed E-state index contributed by atoms with van der Waals surface area (Å²) in [4.78, 5) is 15.8. The van der Waals surface area contributed by atoms with Crippen molar-refractivity contribution in [2.75, 3.05) is 20.2 Å². The van der Waals surface area contributed by atoms with Crippen LogP contribution in [0.5, 0.6) is 17.2 Å². The molecule has 3 aromatic carbocycles. The molecule has 0 aromatic heterocycles. The number of amides is 1. The number of para-hydroxylation sites is 2. The number of piperidine rings is 1. The third-order valence-electron chi connectivity index (χ3n) is 6.51. The van der Waals surface area contributed by atoms with Crippen molar-refractivity contribution in [3.63, 3.8) is 0 Å². The Morgan fingerprint density at radius 2 is 1.42 bits per heavy atom. The van der Waals surface area contributed by atoms with Gasteiger partial charge in [0.1, 0.15) is 17.2 Å². The molecule has 0 N–H and O–H groups in total. The highest BCUT2D eigenvalue weighted by atomic mass is 32.2. The lowest BCUT2D eigenvalue weighted by Crippen LogP contribution is -2.44. The predicted octanol–water partition coefficient (Wildman–Crippen LogP) is 4.40. The van der Waals surface area contributed by atoms with Crippen LogP contribution < -0.4 is 9.47 Å². The summed E-state index contributed by atoms with van der Waals surface area (Å²) in [5.74, 6) is 1.52. The normalized spacial score (nSPS) is 16.5. The van der Waals surface area contributed by atoms with Crippen molar-refractivity contribution in [1.29, 1.82) is 0 Å². The van der Waals surface area contributed by atoms with Gasteiger partial charge in [-0.3, -0.25) is 4.79 Å². The lowest BCUT2D eigenvalue weighted by atomic mass is 9.86. The third kappa shape index (κ3) is 3.86. The van der Waals surface area contributed by atoms with Crippen molar-refractivity contribution in [2.45, 2.75) is 28.9 Å². The largest absolute Gasteiger partial charge is 0.497 e. The van der Waals surface area contributed by atoms with Crippen LogP contribution in [-0.4, -0.2) is 44.7 Å². The second kappa shape index (κ2) is 8.56. The number of hydrogen-bond acceptors (Lipinski definition) is 5. The minimum atomic E-state index is -3.47. The summed E-state index contributed by atoms with van der Waals surface area (Å²) in [6.45, 7) is 0.807. The molecule has 2 aliphatic heterocycles. The highest BCUT2D eigenvalue weighted by molar-refractivity contribution is 7.92. The summed E-state index contributed by atoms with van der Waals surface area (Å²) >= 11 is 0. The van der Waals surface area contributed by atoms with Gasteiger partial charge in [0.05, 0.1) is 23.2 Å². The molecule has 1 fully saturated rings. The first-order valence-electron chi connectivity index (χ1n) is 11.0. The monoisotopic (exact) mass is 463 g/mol. The lowest BCUT2D eigenvalue weighted by Gasteiger charge is -2.36. The van der Waals surface area contributed by atoms with Crippen LogP contribution >= 0.6 is 0 Å². The molecule has 0 atom stereocenters. The Labute approximate surface area is 193 Å². The summed E-state index contributed by atoms with van der Waals surface area (Å²) in [7, 11) is -1.92. The molecule has 0 bridgehead atoms. The van der Waals surface area contributed by atoms with Gasteiger partial charge in [0.15, 0.2) is 9.84 Å². The molecule has 0 saturated carbocycles. The number of benzene rings is 3. The number of nitrogens with zero attached hydrogens (tertiary/aromatic N) is 1. The molecule has 3 aromatic rings. The van der Waals surface area contributed by atoms with Crippen LogP contribution in [0, 0.1) is 0 Å². The van der Waals surface area contributed by atoms with E-state index in [4.69, 9.17) is 9.47 Å². The fourth-order valence-corrected chi connectivity index (χ4v) is 6.43. The second-order valence-corrected chi connectivity index (χ2v) is 10.6. The fourth-order valence-electron chi connectivity index (χ4n) is 4.70. The number of likely N-dealkylation sites (tertiary alicyclic amines) is 1. The number of fused-ring (bicyclic) bond motifs is 2. The van der Waals surface area contributed by atoms with Crippen molar-refractivity contribution in [1.82, 2.24) is 4.90 Å². The molecule has 2 aliphatic rings. The van der Waals surface area contributed by atoms with Crippen LogP contribution in [0.15, 0.2) is 77.7 Å². The van der Waals surface area contributed by atoms with E-state index in [0.29, 0.717) is 48.1 Å². The minimum absolute atomic E-state index is 0.0153. The van der Waals surface area contributed by atoms with E-state index >= 15 is 0 Å². The summed E-state index contributed by atoms with van der Waals surface area (Å²) in [6, 6.07) is 21.7.